The van der Waals surface area contributed by atoms with E-state index in [0.29, 0.717) is 12.0 Å². The maximum atomic E-state index is 13.6. The predicted octanol–water partition coefficient (Wildman–Crippen LogP) is 3.64. The third-order valence-electron chi connectivity index (χ3n) is 4.46. The predicted molar refractivity (Wildman–Crippen MR) is 77.7 cm³/mol. The number of esters is 1. The molecule has 0 aliphatic heterocycles. The summed E-state index contributed by atoms with van der Waals surface area (Å²) in [6.45, 7) is 4.07. The van der Waals surface area contributed by atoms with E-state index < -0.39 is 52.2 Å². The molecule has 1 N–H and O–H groups in total. The zero-order valence-electron chi connectivity index (χ0n) is 13.6. The molecule has 1 aliphatic carbocycles. The maximum absolute atomic E-state index is 13.6. The molecule has 1 atom stereocenters. The van der Waals surface area contributed by atoms with E-state index in [1.807, 2.05) is 0 Å². The average Bonchev–Trinajstić information content (AvgIpc) is 3.07. The van der Waals surface area contributed by atoms with Gasteiger partial charge in [0.15, 0.2) is 23.3 Å². The van der Waals surface area contributed by atoms with Crippen LogP contribution in [0.25, 0.3) is 0 Å². The van der Waals surface area contributed by atoms with E-state index in [0.717, 1.165) is 0 Å². The highest BCUT2D eigenvalue weighted by Crippen LogP contribution is 2.65. The minimum absolute atomic E-state index is 0.0921. The summed E-state index contributed by atoms with van der Waals surface area (Å²) < 4.78 is 58.5. The minimum atomic E-state index is -1.59. The second-order valence-electron chi connectivity index (χ2n) is 6.70. The monoisotopic (exact) mass is 346 g/mol. The van der Waals surface area contributed by atoms with Gasteiger partial charge in [0.25, 0.3) is 0 Å². The Morgan fingerprint density at radius 3 is 2.17 bits per heavy atom. The van der Waals surface area contributed by atoms with Crippen molar-refractivity contribution in [3.8, 4) is 0 Å². The number of carbonyl (C=O) groups excluding carboxylic acids is 1. The van der Waals surface area contributed by atoms with Gasteiger partial charge in [-0.3, -0.25) is 4.79 Å². The van der Waals surface area contributed by atoms with Crippen LogP contribution in [0, 0.1) is 34.1 Å². The normalized spacial score (nSPS) is 22.4. The Hall–Kier alpha value is -1.89. The quantitative estimate of drug-likeness (QED) is 0.383. The minimum Gasteiger partial charge on any atom is -0.460 e. The highest BCUT2D eigenvalue weighted by atomic mass is 19.2. The lowest BCUT2D eigenvalue weighted by molar-refractivity contribution is -0.151. The van der Waals surface area contributed by atoms with Crippen molar-refractivity contribution >= 4 is 5.97 Å². The molecule has 1 aromatic rings. The van der Waals surface area contributed by atoms with Crippen molar-refractivity contribution in [3.63, 3.8) is 0 Å². The third kappa shape index (κ3) is 3.05. The number of halogens is 4. The number of aliphatic hydroxyl groups is 1. The van der Waals surface area contributed by atoms with Gasteiger partial charge < -0.3 is 9.84 Å². The highest BCUT2D eigenvalue weighted by molar-refractivity contribution is 5.84. The summed E-state index contributed by atoms with van der Waals surface area (Å²) >= 11 is 0. The molecule has 1 aromatic carbocycles. The fourth-order valence-corrected chi connectivity index (χ4v) is 2.79. The molecule has 1 unspecified atom stereocenters. The summed E-state index contributed by atoms with van der Waals surface area (Å²) in [5.41, 5.74) is -1.91. The molecule has 7 heteroatoms. The van der Waals surface area contributed by atoms with Crippen molar-refractivity contribution in [2.24, 2.45) is 10.8 Å². The fraction of sp³-hybridized carbons (Fsp3) is 0.471. The van der Waals surface area contributed by atoms with E-state index in [4.69, 9.17) is 9.84 Å². The molecule has 3 nitrogen and oxygen atoms in total. The molecule has 24 heavy (non-hydrogen) atoms. The summed E-state index contributed by atoms with van der Waals surface area (Å²) in [5.74, 6) is -7.06. The van der Waals surface area contributed by atoms with Gasteiger partial charge in [-0.15, -0.1) is 0 Å². The first-order valence-electron chi connectivity index (χ1n) is 7.34. The standard InChI is InChI=1S/C17H18F4O3/c1-9(6-22)5-17(8-16(17,2)3)15(23)24-7-10-13(20)11(18)4-12(19)14(10)21/h4-5,22H,6-8H2,1-3H3/b9-5+. The first-order valence-corrected chi connectivity index (χ1v) is 7.34. The van der Waals surface area contributed by atoms with Gasteiger partial charge in [-0.1, -0.05) is 25.5 Å². The molecule has 0 saturated heterocycles. The number of ether oxygens (including phenoxy) is 1. The first kappa shape index (κ1) is 18.4. The summed E-state index contributed by atoms with van der Waals surface area (Å²) in [4.78, 5) is 12.4. The van der Waals surface area contributed by atoms with Crippen molar-refractivity contribution in [1.82, 2.24) is 0 Å². The van der Waals surface area contributed by atoms with Crippen LogP contribution in [-0.2, 0) is 16.1 Å². The van der Waals surface area contributed by atoms with Crippen LogP contribution in [0.2, 0.25) is 0 Å². The Morgan fingerprint density at radius 1 is 1.25 bits per heavy atom. The first-order chi connectivity index (χ1) is 11.1. The second-order valence-corrected chi connectivity index (χ2v) is 6.70. The smallest absolute Gasteiger partial charge is 0.316 e. The fourth-order valence-electron chi connectivity index (χ4n) is 2.79. The van der Waals surface area contributed by atoms with Crippen LogP contribution < -0.4 is 0 Å². The lowest BCUT2D eigenvalue weighted by Gasteiger charge is -2.17. The van der Waals surface area contributed by atoms with Crippen LogP contribution in [0.4, 0.5) is 17.6 Å². The van der Waals surface area contributed by atoms with Crippen LogP contribution in [0.3, 0.4) is 0 Å². The molecule has 0 amide bonds. The molecule has 0 heterocycles. The van der Waals surface area contributed by atoms with Gasteiger partial charge in [0.05, 0.1) is 17.6 Å². The van der Waals surface area contributed by atoms with Crippen LogP contribution >= 0.6 is 0 Å². The van der Waals surface area contributed by atoms with E-state index in [1.165, 1.54) is 0 Å². The lowest BCUT2D eigenvalue weighted by atomic mass is 9.93. The topological polar surface area (TPSA) is 46.5 Å². The molecule has 2 rings (SSSR count). The van der Waals surface area contributed by atoms with Gasteiger partial charge in [-0.05, 0) is 18.8 Å². The molecule has 132 valence electrons. The van der Waals surface area contributed by atoms with Crippen molar-refractivity contribution in [1.29, 1.82) is 0 Å². The molecular formula is C17H18F4O3. The Morgan fingerprint density at radius 2 is 1.75 bits per heavy atom. The van der Waals surface area contributed by atoms with Gasteiger partial charge in [0, 0.05) is 6.07 Å². The van der Waals surface area contributed by atoms with Crippen LogP contribution in [0.15, 0.2) is 17.7 Å². The second kappa shape index (κ2) is 6.20. The largest absolute Gasteiger partial charge is 0.460 e. The van der Waals surface area contributed by atoms with E-state index in [1.54, 1.807) is 26.8 Å². The van der Waals surface area contributed by atoms with E-state index in [2.05, 4.69) is 0 Å². The Bertz CT molecular complexity index is 686. The molecule has 1 aliphatic rings. The Balaban J connectivity index is 2.23. The number of hydrogen-bond donors (Lipinski definition) is 1. The molecular weight excluding hydrogens is 328 g/mol. The number of benzene rings is 1. The van der Waals surface area contributed by atoms with Crippen LogP contribution in [-0.4, -0.2) is 17.7 Å². The van der Waals surface area contributed by atoms with E-state index in [-0.39, 0.29) is 12.7 Å². The van der Waals surface area contributed by atoms with Crippen LogP contribution in [0.1, 0.15) is 32.8 Å². The zero-order chi connectivity index (χ0) is 18.3. The van der Waals surface area contributed by atoms with E-state index >= 15 is 0 Å². The molecule has 0 aromatic heterocycles. The van der Waals surface area contributed by atoms with Crippen molar-refractivity contribution in [2.75, 3.05) is 6.61 Å². The number of aliphatic hydroxyl groups excluding tert-OH is 1. The Labute approximate surface area is 136 Å². The molecule has 0 spiro atoms. The van der Waals surface area contributed by atoms with Crippen molar-refractivity contribution in [3.05, 3.63) is 46.5 Å². The SMILES string of the molecule is C/C(=C\C1(C(=O)OCc2c(F)c(F)cc(F)c2F)CC1(C)C)CO. The third-order valence-corrected chi connectivity index (χ3v) is 4.46. The van der Waals surface area contributed by atoms with Gasteiger partial charge in [-0.25, -0.2) is 17.6 Å². The summed E-state index contributed by atoms with van der Waals surface area (Å²) in [5, 5.41) is 9.12. The van der Waals surface area contributed by atoms with Crippen molar-refractivity contribution in [2.45, 2.75) is 33.8 Å². The van der Waals surface area contributed by atoms with Gasteiger partial charge in [0.2, 0.25) is 0 Å². The summed E-state index contributed by atoms with van der Waals surface area (Å²) in [6, 6.07) is 0.0921. The molecule has 0 radical (unpaired) electrons. The summed E-state index contributed by atoms with van der Waals surface area (Å²) in [7, 11) is 0. The van der Waals surface area contributed by atoms with Crippen molar-refractivity contribution < 1.29 is 32.2 Å². The zero-order valence-corrected chi connectivity index (χ0v) is 13.6. The van der Waals surface area contributed by atoms with Crippen LogP contribution in [0.5, 0.6) is 0 Å². The number of hydrogen-bond acceptors (Lipinski definition) is 3. The Kier molecular flexibility index (Phi) is 4.77. The summed E-state index contributed by atoms with van der Waals surface area (Å²) in [6.07, 6.45) is 1.99. The van der Waals surface area contributed by atoms with E-state index in [9.17, 15) is 22.4 Å². The van der Waals surface area contributed by atoms with Gasteiger partial charge in [0.1, 0.15) is 6.61 Å². The average molecular weight is 346 g/mol. The highest BCUT2D eigenvalue weighted by Gasteiger charge is 2.66. The molecule has 0 bridgehead atoms. The van der Waals surface area contributed by atoms with Gasteiger partial charge in [-0.2, -0.15) is 0 Å². The number of carbonyl (C=O) groups is 1. The lowest BCUT2D eigenvalue weighted by Crippen LogP contribution is -2.23. The van der Waals surface area contributed by atoms with Gasteiger partial charge >= 0.3 is 5.97 Å². The maximum Gasteiger partial charge on any atom is 0.316 e. The number of rotatable bonds is 5. The molecule has 1 saturated carbocycles. The molecule has 1 fully saturated rings.